The van der Waals surface area contributed by atoms with Crippen LogP contribution in [0.5, 0.6) is 0 Å². The summed E-state index contributed by atoms with van der Waals surface area (Å²) >= 11 is 0. The summed E-state index contributed by atoms with van der Waals surface area (Å²) in [4.78, 5) is 2.55. The molecule has 0 aromatic rings. The van der Waals surface area contributed by atoms with Crippen molar-refractivity contribution < 1.29 is 4.74 Å². The molecule has 0 aromatic heterocycles. The maximum atomic E-state index is 7.81. The van der Waals surface area contributed by atoms with Crippen molar-refractivity contribution in [3.05, 3.63) is 23.1 Å². The largest absolute Gasteiger partial charge is 0.377 e. The van der Waals surface area contributed by atoms with Crippen molar-refractivity contribution in [2.24, 2.45) is 5.11 Å². The quantitative estimate of drug-likeness (QED) is 0.181. The minimum atomic E-state index is 0.393. The fourth-order valence-electron chi connectivity index (χ4n) is 0.317. The zero-order valence-electron chi connectivity index (χ0n) is 5.16. The molecular formula is C5H9N3O. The Balaban J connectivity index is 2.90. The van der Waals surface area contributed by atoms with Crippen molar-refractivity contribution in [2.45, 2.75) is 0 Å². The average molecular weight is 127 g/mol. The van der Waals surface area contributed by atoms with Crippen LogP contribution in [-0.4, -0.2) is 19.8 Å². The number of nitrogens with zero attached hydrogens (tertiary/aromatic N) is 3. The topological polar surface area (TPSA) is 58.0 Å². The van der Waals surface area contributed by atoms with Gasteiger partial charge in [0.25, 0.3) is 0 Å². The van der Waals surface area contributed by atoms with E-state index in [0.29, 0.717) is 19.8 Å². The minimum absolute atomic E-state index is 0.393. The number of hydrogen-bond donors (Lipinski definition) is 0. The van der Waals surface area contributed by atoms with E-state index in [-0.39, 0.29) is 0 Å². The highest BCUT2D eigenvalue weighted by atomic mass is 16.5. The standard InChI is InChI=1S/C5H9N3O/c1-2-4-9-5-3-7-8-6/h2H,1,3-5H2. The highest BCUT2D eigenvalue weighted by Crippen LogP contribution is 1.76. The molecule has 0 bridgehead atoms. The summed E-state index contributed by atoms with van der Waals surface area (Å²) in [5, 5.41) is 3.26. The molecule has 0 atom stereocenters. The van der Waals surface area contributed by atoms with Gasteiger partial charge in [-0.2, -0.15) is 0 Å². The molecule has 50 valence electrons. The van der Waals surface area contributed by atoms with Gasteiger partial charge < -0.3 is 4.74 Å². The van der Waals surface area contributed by atoms with Crippen LogP contribution in [0.4, 0.5) is 0 Å². The van der Waals surface area contributed by atoms with Crippen LogP contribution in [-0.2, 0) is 4.74 Å². The second kappa shape index (κ2) is 7.01. The van der Waals surface area contributed by atoms with Crippen LogP contribution in [0.25, 0.3) is 10.4 Å². The zero-order valence-corrected chi connectivity index (χ0v) is 5.16. The second-order valence-corrected chi connectivity index (χ2v) is 1.32. The summed E-state index contributed by atoms with van der Waals surface area (Å²) in [7, 11) is 0. The van der Waals surface area contributed by atoms with Gasteiger partial charge in [-0.25, -0.2) is 0 Å². The van der Waals surface area contributed by atoms with Crippen LogP contribution in [0.1, 0.15) is 0 Å². The van der Waals surface area contributed by atoms with Gasteiger partial charge in [-0.15, -0.1) is 6.58 Å². The highest BCUT2D eigenvalue weighted by Gasteiger charge is 1.79. The Bertz CT molecular complexity index is 117. The van der Waals surface area contributed by atoms with E-state index in [1.165, 1.54) is 0 Å². The Hall–Kier alpha value is -0.990. The van der Waals surface area contributed by atoms with E-state index in [1.807, 2.05) is 0 Å². The molecule has 9 heavy (non-hydrogen) atoms. The summed E-state index contributed by atoms with van der Waals surface area (Å²) in [5.74, 6) is 0. The van der Waals surface area contributed by atoms with Gasteiger partial charge in [0.1, 0.15) is 0 Å². The van der Waals surface area contributed by atoms with Gasteiger partial charge >= 0.3 is 0 Å². The third-order valence-corrected chi connectivity index (χ3v) is 0.635. The van der Waals surface area contributed by atoms with Crippen molar-refractivity contribution >= 4 is 0 Å². The predicted molar refractivity (Wildman–Crippen MR) is 35.0 cm³/mol. The monoisotopic (exact) mass is 127 g/mol. The molecule has 0 heterocycles. The SMILES string of the molecule is C=CCOCCN=[N+]=[N-]. The first-order chi connectivity index (χ1) is 4.41. The maximum absolute atomic E-state index is 7.81. The number of hydrogen-bond acceptors (Lipinski definition) is 2. The van der Waals surface area contributed by atoms with Crippen LogP contribution in [0, 0.1) is 0 Å². The molecule has 0 fully saturated rings. The normalized spacial score (nSPS) is 8.00. The molecule has 0 amide bonds. The maximum Gasteiger partial charge on any atom is 0.0644 e. The molecule has 0 rings (SSSR count). The minimum Gasteiger partial charge on any atom is -0.377 e. The molecule has 0 N–H and O–H groups in total. The van der Waals surface area contributed by atoms with E-state index in [0.717, 1.165) is 0 Å². The first kappa shape index (κ1) is 8.01. The lowest BCUT2D eigenvalue weighted by Crippen LogP contribution is -1.96. The smallest absolute Gasteiger partial charge is 0.0644 e. The van der Waals surface area contributed by atoms with E-state index >= 15 is 0 Å². The van der Waals surface area contributed by atoms with Crippen molar-refractivity contribution in [1.29, 1.82) is 0 Å². The van der Waals surface area contributed by atoms with Crippen LogP contribution < -0.4 is 0 Å². The van der Waals surface area contributed by atoms with Gasteiger partial charge in [-0.1, -0.05) is 11.2 Å². The second-order valence-electron chi connectivity index (χ2n) is 1.32. The molecule has 0 aliphatic heterocycles. The lowest BCUT2D eigenvalue weighted by Gasteiger charge is -1.93. The molecule has 0 aliphatic carbocycles. The van der Waals surface area contributed by atoms with Gasteiger partial charge in [0.2, 0.25) is 0 Å². The summed E-state index contributed by atoms with van der Waals surface area (Å²) in [6.45, 7) is 4.83. The third kappa shape index (κ3) is 7.01. The number of ether oxygens (including phenoxy) is 1. The Labute approximate surface area is 53.8 Å². The molecule has 0 saturated carbocycles. The van der Waals surface area contributed by atoms with E-state index in [9.17, 15) is 0 Å². The highest BCUT2D eigenvalue weighted by molar-refractivity contribution is 4.63. The van der Waals surface area contributed by atoms with Crippen LogP contribution in [0.2, 0.25) is 0 Å². The number of azide groups is 1. The molecule has 0 spiro atoms. The van der Waals surface area contributed by atoms with Gasteiger partial charge in [0.15, 0.2) is 0 Å². The van der Waals surface area contributed by atoms with Gasteiger partial charge in [0, 0.05) is 11.5 Å². The number of rotatable bonds is 5. The van der Waals surface area contributed by atoms with E-state index in [2.05, 4.69) is 16.6 Å². The summed E-state index contributed by atoms with van der Waals surface area (Å²) in [6.07, 6.45) is 1.65. The third-order valence-electron chi connectivity index (χ3n) is 0.635. The molecule has 0 radical (unpaired) electrons. The zero-order chi connectivity index (χ0) is 6.95. The molecule has 0 aliphatic rings. The predicted octanol–water partition coefficient (Wildman–Crippen LogP) is 1.50. The van der Waals surface area contributed by atoms with E-state index in [1.54, 1.807) is 6.08 Å². The Morgan fingerprint density at radius 2 is 2.56 bits per heavy atom. The van der Waals surface area contributed by atoms with Crippen LogP contribution in [0.15, 0.2) is 17.8 Å². The Morgan fingerprint density at radius 3 is 3.11 bits per heavy atom. The first-order valence-electron chi connectivity index (χ1n) is 2.61. The van der Waals surface area contributed by atoms with E-state index in [4.69, 9.17) is 10.3 Å². The van der Waals surface area contributed by atoms with Crippen molar-refractivity contribution in [1.82, 2.24) is 0 Å². The van der Waals surface area contributed by atoms with Gasteiger partial charge in [-0.05, 0) is 5.53 Å². The average Bonchev–Trinajstić information content (AvgIpc) is 1.89. The van der Waals surface area contributed by atoms with Crippen LogP contribution in [0.3, 0.4) is 0 Å². The van der Waals surface area contributed by atoms with Crippen molar-refractivity contribution in [3.63, 3.8) is 0 Å². The molecule has 0 aromatic carbocycles. The molecule has 4 heteroatoms. The molecule has 0 unspecified atom stereocenters. The molecular weight excluding hydrogens is 118 g/mol. The lowest BCUT2D eigenvalue weighted by molar-refractivity contribution is 0.171. The first-order valence-corrected chi connectivity index (χ1v) is 2.61. The Morgan fingerprint density at radius 1 is 1.78 bits per heavy atom. The lowest BCUT2D eigenvalue weighted by atomic mass is 10.7. The van der Waals surface area contributed by atoms with E-state index < -0.39 is 0 Å². The Kier molecular flexibility index (Phi) is 6.24. The molecule has 4 nitrogen and oxygen atoms in total. The van der Waals surface area contributed by atoms with Gasteiger partial charge in [-0.3, -0.25) is 0 Å². The van der Waals surface area contributed by atoms with Crippen LogP contribution >= 0.6 is 0 Å². The van der Waals surface area contributed by atoms with Gasteiger partial charge in [0.05, 0.1) is 13.2 Å². The fourth-order valence-corrected chi connectivity index (χ4v) is 0.317. The molecule has 0 saturated heterocycles. The fraction of sp³-hybridized carbons (Fsp3) is 0.600. The summed E-state index contributed by atoms with van der Waals surface area (Å²) in [5.41, 5.74) is 7.81. The van der Waals surface area contributed by atoms with Crippen molar-refractivity contribution in [2.75, 3.05) is 19.8 Å². The summed E-state index contributed by atoms with van der Waals surface area (Å²) < 4.78 is 4.90. The van der Waals surface area contributed by atoms with Crippen molar-refractivity contribution in [3.8, 4) is 0 Å². The summed E-state index contributed by atoms with van der Waals surface area (Å²) in [6, 6.07) is 0.